The van der Waals surface area contributed by atoms with Gasteiger partial charge in [0.2, 0.25) is 5.91 Å². The summed E-state index contributed by atoms with van der Waals surface area (Å²) in [5.41, 5.74) is 1.91. The number of amides is 3. The van der Waals surface area contributed by atoms with Crippen LogP contribution in [-0.2, 0) is 17.9 Å². The second kappa shape index (κ2) is 10.2. The predicted molar refractivity (Wildman–Crippen MR) is 123 cm³/mol. The number of anilines is 1. The largest absolute Gasteiger partial charge is 0.352 e. The van der Waals surface area contributed by atoms with Crippen LogP contribution in [-0.4, -0.2) is 33.5 Å². The third-order valence-corrected chi connectivity index (χ3v) is 6.20. The Kier molecular flexibility index (Phi) is 6.96. The number of hydrogen-bond acceptors (Lipinski definition) is 5. The van der Waals surface area contributed by atoms with Gasteiger partial charge in [-0.15, -0.1) is 11.3 Å². The lowest BCUT2D eigenvalue weighted by Crippen LogP contribution is -2.35. The van der Waals surface area contributed by atoms with Gasteiger partial charge in [-0.3, -0.25) is 19.1 Å². The molecule has 0 aliphatic heterocycles. The Bertz CT molecular complexity index is 1070. The average molecular weight is 452 g/mol. The van der Waals surface area contributed by atoms with Crippen LogP contribution in [0.1, 0.15) is 51.3 Å². The lowest BCUT2D eigenvalue weighted by molar-refractivity contribution is -0.122. The quantitative estimate of drug-likeness (QED) is 0.489. The van der Waals surface area contributed by atoms with Crippen LogP contribution in [0.5, 0.6) is 0 Å². The second-order valence-corrected chi connectivity index (χ2v) is 8.73. The van der Waals surface area contributed by atoms with Crippen molar-refractivity contribution in [3.8, 4) is 0 Å². The number of hydrogen-bond donors (Lipinski definition) is 3. The highest BCUT2D eigenvalue weighted by Crippen LogP contribution is 2.17. The van der Waals surface area contributed by atoms with Gasteiger partial charge in [-0.25, -0.2) is 0 Å². The summed E-state index contributed by atoms with van der Waals surface area (Å²) in [5, 5.41) is 14.7. The summed E-state index contributed by atoms with van der Waals surface area (Å²) in [4.78, 5) is 37.3. The Hall–Kier alpha value is -3.46. The topological polar surface area (TPSA) is 105 Å². The molecule has 0 unspecified atom stereocenters. The van der Waals surface area contributed by atoms with Crippen LogP contribution >= 0.6 is 11.3 Å². The molecule has 4 rings (SSSR count). The molecule has 1 aliphatic carbocycles. The van der Waals surface area contributed by atoms with Crippen molar-refractivity contribution in [2.45, 2.75) is 44.8 Å². The van der Waals surface area contributed by atoms with E-state index in [0.717, 1.165) is 31.2 Å². The number of aromatic nitrogens is 2. The van der Waals surface area contributed by atoms with Gasteiger partial charge in [0.25, 0.3) is 11.8 Å². The van der Waals surface area contributed by atoms with Crippen LogP contribution < -0.4 is 16.0 Å². The summed E-state index contributed by atoms with van der Waals surface area (Å²) >= 11 is 1.39. The van der Waals surface area contributed by atoms with E-state index in [2.05, 4.69) is 21.0 Å². The minimum Gasteiger partial charge on any atom is -0.352 e. The van der Waals surface area contributed by atoms with Crippen LogP contribution in [0.25, 0.3) is 0 Å². The highest BCUT2D eigenvalue weighted by Gasteiger charge is 2.17. The van der Waals surface area contributed by atoms with Gasteiger partial charge >= 0.3 is 0 Å². The van der Waals surface area contributed by atoms with Crippen LogP contribution in [0.3, 0.4) is 0 Å². The van der Waals surface area contributed by atoms with Crippen molar-refractivity contribution in [2.75, 3.05) is 5.32 Å². The van der Waals surface area contributed by atoms with Crippen molar-refractivity contribution in [3.63, 3.8) is 0 Å². The molecule has 0 radical (unpaired) electrons. The minimum atomic E-state index is -0.269. The number of carbonyl (C=O) groups is 3. The molecule has 0 atom stereocenters. The fraction of sp³-hybridized carbons (Fsp3) is 0.304. The zero-order valence-electron chi connectivity index (χ0n) is 17.5. The molecule has 32 heavy (non-hydrogen) atoms. The van der Waals surface area contributed by atoms with E-state index in [9.17, 15) is 14.4 Å². The number of rotatable bonds is 8. The highest BCUT2D eigenvalue weighted by molar-refractivity contribution is 7.12. The summed E-state index contributed by atoms with van der Waals surface area (Å²) in [5.74, 6) is -0.454. The molecule has 3 amide bonds. The first-order valence-electron chi connectivity index (χ1n) is 10.6. The van der Waals surface area contributed by atoms with Crippen LogP contribution in [0.15, 0.2) is 54.2 Å². The van der Waals surface area contributed by atoms with E-state index < -0.39 is 0 Å². The molecular weight excluding hydrogens is 426 g/mol. The van der Waals surface area contributed by atoms with Crippen molar-refractivity contribution in [1.82, 2.24) is 20.4 Å². The second-order valence-electron chi connectivity index (χ2n) is 7.79. The molecule has 8 nitrogen and oxygen atoms in total. The maximum absolute atomic E-state index is 12.5. The molecule has 3 N–H and O–H groups in total. The van der Waals surface area contributed by atoms with Crippen molar-refractivity contribution < 1.29 is 14.4 Å². The van der Waals surface area contributed by atoms with Crippen molar-refractivity contribution >= 4 is 34.7 Å². The summed E-state index contributed by atoms with van der Waals surface area (Å²) in [6.45, 7) is 0.507. The van der Waals surface area contributed by atoms with E-state index in [1.165, 1.54) is 22.2 Å². The monoisotopic (exact) mass is 451 g/mol. The first-order chi connectivity index (χ1) is 15.6. The number of nitrogens with zero attached hydrogens (tertiary/aromatic N) is 2. The summed E-state index contributed by atoms with van der Waals surface area (Å²) < 4.78 is 1.51. The Balaban J connectivity index is 1.25. The summed E-state index contributed by atoms with van der Waals surface area (Å²) in [6.07, 6.45) is 7.55. The first-order valence-corrected chi connectivity index (χ1v) is 11.5. The fourth-order valence-corrected chi connectivity index (χ4v) is 4.30. The maximum atomic E-state index is 12.5. The maximum Gasteiger partial charge on any atom is 0.261 e. The molecule has 3 aromatic rings. The highest BCUT2D eigenvalue weighted by atomic mass is 32.1. The predicted octanol–water partition coefficient (Wildman–Crippen LogP) is 3.19. The molecule has 1 aromatic carbocycles. The fourth-order valence-electron chi connectivity index (χ4n) is 3.66. The Morgan fingerprint density at radius 2 is 1.84 bits per heavy atom. The molecule has 2 heterocycles. The summed E-state index contributed by atoms with van der Waals surface area (Å²) in [7, 11) is 0. The van der Waals surface area contributed by atoms with E-state index in [4.69, 9.17) is 0 Å². The zero-order chi connectivity index (χ0) is 22.3. The Labute approximate surface area is 190 Å². The molecule has 1 aliphatic rings. The van der Waals surface area contributed by atoms with Gasteiger partial charge in [-0.05, 0) is 42.0 Å². The smallest absolute Gasteiger partial charge is 0.261 e. The van der Waals surface area contributed by atoms with E-state index >= 15 is 0 Å². The third kappa shape index (κ3) is 5.82. The molecular formula is C23H25N5O3S. The molecule has 1 saturated carbocycles. The van der Waals surface area contributed by atoms with Crippen molar-refractivity contribution in [3.05, 3.63) is 70.2 Å². The van der Waals surface area contributed by atoms with Gasteiger partial charge in [0.15, 0.2) is 0 Å². The van der Waals surface area contributed by atoms with E-state index in [1.807, 2.05) is 11.4 Å². The zero-order valence-corrected chi connectivity index (χ0v) is 18.4. The first kappa shape index (κ1) is 21.8. The molecule has 0 saturated heterocycles. The molecule has 2 aromatic heterocycles. The van der Waals surface area contributed by atoms with Crippen LogP contribution in [0, 0.1) is 0 Å². The number of nitrogens with one attached hydrogen (secondary N) is 3. The SMILES string of the molecule is O=C(Cn1cc(NC(=O)c2ccc(CNC(=O)c3cccs3)cc2)cn1)NC1CCCC1. The molecule has 0 spiro atoms. The van der Waals surface area contributed by atoms with E-state index in [0.29, 0.717) is 22.7 Å². The van der Waals surface area contributed by atoms with Gasteiger partial charge in [0.05, 0.1) is 16.8 Å². The summed E-state index contributed by atoms with van der Waals surface area (Å²) in [6, 6.07) is 10.9. The number of carbonyl (C=O) groups excluding carboxylic acids is 3. The van der Waals surface area contributed by atoms with E-state index in [-0.39, 0.29) is 30.3 Å². The minimum absolute atomic E-state index is 0.0698. The Morgan fingerprint density at radius 3 is 2.56 bits per heavy atom. The standard InChI is InChI=1S/C23H25N5O3S/c29-21(26-18-4-1-2-5-18)15-28-14-19(13-25-28)27-22(30)17-9-7-16(8-10-17)12-24-23(31)20-6-3-11-32-20/h3,6-11,13-14,18H,1-2,4-5,12,15H2,(H,24,31)(H,26,29)(H,27,30). The van der Waals surface area contributed by atoms with Gasteiger partial charge in [-0.1, -0.05) is 31.0 Å². The van der Waals surface area contributed by atoms with Gasteiger partial charge in [-0.2, -0.15) is 5.10 Å². The third-order valence-electron chi connectivity index (χ3n) is 5.33. The van der Waals surface area contributed by atoms with Gasteiger partial charge in [0.1, 0.15) is 6.54 Å². The number of benzene rings is 1. The van der Waals surface area contributed by atoms with Gasteiger partial charge in [0, 0.05) is 24.3 Å². The van der Waals surface area contributed by atoms with Gasteiger partial charge < -0.3 is 16.0 Å². The van der Waals surface area contributed by atoms with Crippen molar-refractivity contribution in [2.24, 2.45) is 0 Å². The molecule has 166 valence electrons. The van der Waals surface area contributed by atoms with Crippen molar-refractivity contribution in [1.29, 1.82) is 0 Å². The van der Waals surface area contributed by atoms with Crippen LogP contribution in [0.4, 0.5) is 5.69 Å². The lowest BCUT2D eigenvalue weighted by Gasteiger charge is -2.11. The molecule has 1 fully saturated rings. The number of thiophene rings is 1. The molecule has 9 heteroatoms. The normalized spacial score (nSPS) is 13.6. The average Bonchev–Trinajstić information content (AvgIpc) is 3.56. The lowest BCUT2D eigenvalue weighted by atomic mass is 10.1. The van der Waals surface area contributed by atoms with Crippen LogP contribution in [0.2, 0.25) is 0 Å². The molecule has 0 bridgehead atoms. The Morgan fingerprint density at radius 1 is 1.06 bits per heavy atom. The van der Waals surface area contributed by atoms with E-state index in [1.54, 1.807) is 36.5 Å².